The summed E-state index contributed by atoms with van der Waals surface area (Å²) in [4.78, 5) is 2.22. The summed E-state index contributed by atoms with van der Waals surface area (Å²) in [7, 11) is 0. The fourth-order valence-electron chi connectivity index (χ4n) is 3.35. The molecule has 1 N–H and O–H groups in total. The van der Waals surface area contributed by atoms with E-state index in [4.69, 9.17) is 4.74 Å². The lowest BCUT2D eigenvalue weighted by Gasteiger charge is -2.38. The number of hydrogen-bond donors (Lipinski definition) is 1. The van der Waals surface area contributed by atoms with Crippen molar-refractivity contribution < 1.29 is 17.9 Å². The van der Waals surface area contributed by atoms with Gasteiger partial charge in [-0.2, -0.15) is 13.2 Å². The highest BCUT2D eigenvalue weighted by Crippen LogP contribution is 2.45. The van der Waals surface area contributed by atoms with E-state index in [1.807, 2.05) is 24.3 Å². The van der Waals surface area contributed by atoms with Crippen molar-refractivity contribution in [2.24, 2.45) is 0 Å². The van der Waals surface area contributed by atoms with Gasteiger partial charge in [0, 0.05) is 37.3 Å². The minimum absolute atomic E-state index is 0.257. The molecule has 0 aromatic heterocycles. The van der Waals surface area contributed by atoms with Crippen molar-refractivity contribution in [3.8, 4) is 16.9 Å². The van der Waals surface area contributed by atoms with Crippen molar-refractivity contribution in [2.45, 2.75) is 12.4 Å². The van der Waals surface area contributed by atoms with Crippen molar-refractivity contribution in [1.29, 1.82) is 0 Å². The molecule has 0 saturated carbocycles. The largest absolute Gasteiger partial charge is 0.470 e. The van der Waals surface area contributed by atoms with Crippen molar-refractivity contribution in [2.75, 3.05) is 26.2 Å². The second kappa shape index (κ2) is 5.79. The summed E-state index contributed by atoms with van der Waals surface area (Å²) in [6, 6.07) is 11.3. The van der Waals surface area contributed by atoms with Gasteiger partial charge in [0.2, 0.25) is 0 Å². The Morgan fingerprint density at radius 3 is 2.50 bits per heavy atom. The molecule has 2 aliphatic rings. The highest BCUT2D eigenvalue weighted by molar-refractivity contribution is 5.76. The molecular formula is C18H17F3N2O. The Balaban J connectivity index is 1.79. The maximum Gasteiger partial charge on any atom is 0.416 e. The summed E-state index contributed by atoms with van der Waals surface area (Å²) in [5.41, 5.74) is 1.59. The molecule has 0 radical (unpaired) electrons. The first kappa shape index (κ1) is 15.5. The van der Waals surface area contributed by atoms with Gasteiger partial charge in [0.25, 0.3) is 0 Å². The second-order valence-corrected chi connectivity index (χ2v) is 6.05. The number of piperazine rings is 1. The Morgan fingerprint density at radius 2 is 1.75 bits per heavy atom. The summed E-state index contributed by atoms with van der Waals surface area (Å²) in [5, 5.41) is 3.30. The zero-order chi connectivity index (χ0) is 16.7. The molecule has 6 heteroatoms. The average Bonchev–Trinajstić information content (AvgIpc) is 2.60. The summed E-state index contributed by atoms with van der Waals surface area (Å²) < 4.78 is 45.2. The molecule has 24 heavy (non-hydrogen) atoms. The molecule has 0 spiro atoms. The third-order valence-corrected chi connectivity index (χ3v) is 4.55. The Kier molecular flexibility index (Phi) is 3.73. The van der Waals surface area contributed by atoms with Crippen LogP contribution in [0.25, 0.3) is 11.1 Å². The Labute approximate surface area is 138 Å². The van der Waals surface area contributed by atoms with Crippen LogP contribution in [-0.4, -0.2) is 31.1 Å². The van der Waals surface area contributed by atoms with Gasteiger partial charge in [-0.1, -0.05) is 24.3 Å². The zero-order valence-electron chi connectivity index (χ0n) is 12.9. The van der Waals surface area contributed by atoms with Crippen LogP contribution in [0.15, 0.2) is 42.5 Å². The minimum atomic E-state index is -4.36. The number of benzene rings is 2. The molecule has 126 valence electrons. The van der Waals surface area contributed by atoms with E-state index in [0.29, 0.717) is 11.3 Å². The van der Waals surface area contributed by atoms with Crippen LogP contribution < -0.4 is 10.1 Å². The van der Waals surface area contributed by atoms with E-state index < -0.39 is 11.7 Å². The number of alkyl halides is 3. The van der Waals surface area contributed by atoms with Crippen molar-refractivity contribution in [1.82, 2.24) is 10.2 Å². The van der Waals surface area contributed by atoms with Gasteiger partial charge in [-0.15, -0.1) is 0 Å². The molecule has 2 heterocycles. The van der Waals surface area contributed by atoms with E-state index in [-0.39, 0.29) is 6.23 Å². The predicted molar refractivity (Wildman–Crippen MR) is 84.7 cm³/mol. The molecule has 2 aromatic rings. The average molecular weight is 334 g/mol. The van der Waals surface area contributed by atoms with Crippen LogP contribution in [0.5, 0.6) is 5.75 Å². The van der Waals surface area contributed by atoms with Crippen LogP contribution in [0.3, 0.4) is 0 Å². The zero-order valence-corrected chi connectivity index (χ0v) is 12.9. The molecular weight excluding hydrogens is 317 g/mol. The van der Waals surface area contributed by atoms with E-state index in [1.165, 1.54) is 12.1 Å². The number of nitrogens with one attached hydrogen (secondary N) is 1. The summed E-state index contributed by atoms with van der Waals surface area (Å²) in [6.45, 7) is 3.44. The van der Waals surface area contributed by atoms with Crippen LogP contribution in [0, 0.1) is 0 Å². The van der Waals surface area contributed by atoms with Gasteiger partial charge in [-0.25, -0.2) is 0 Å². The van der Waals surface area contributed by atoms with Crippen LogP contribution in [-0.2, 0) is 6.18 Å². The first-order chi connectivity index (χ1) is 11.5. The van der Waals surface area contributed by atoms with Gasteiger partial charge in [0.05, 0.1) is 5.56 Å². The number of rotatable bonds is 1. The molecule has 1 atom stereocenters. The first-order valence-corrected chi connectivity index (χ1v) is 7.96. The summed E-state index contributed by atoms with van der Waals surface area (Å²) in [5.74, 6) is 0.505. The Bertz CT molecular complexity index is 754. The van der Waals surface area contributed by atoms with E-state index in [0.717, 1.165) is 43.4 Å². The lowest BCUT2D eigenvalue weighted by Crippen LogP contribution is -2.47. The SMILES string of the molecule is FC(F)(F)c1ccc2c(c1)-c1ccccc1C(N1CCNCC1)O2. The number of halogens is 3. The topological polar surface area (TPSA) is 24.5 Å². The third kappa shape index (κ3) is 2.65. The first-order valence-electron chi connectivity index (χ1n) is 7.96. The Hall–Kier alpha value is -2.05. The predicted octanol–water partition coefficient (Wildman–Crippen LogP) is 3.67. The van der Waals surface area contributed by atoms with Crippen LogP contribution >= 0.6 is 0 Å². The van der Waals surface area contributed by atoms with E-state index in [9.17, 15) is 13.2 Å². The monoisotopic (exact) mass is 334 g/mol. The number of ether oxygens (including phenoxy) is 1. The second-order valence-electron chi connectivity index (χ2n) is 6.05. The fraction of sp³-hybridized carbons (Fsp3) is 0.333. The highest BCUT2D eigenvalue weighted by Gasteiger charge is 2.35. The molecule has 4 rings (SSSR count). The van der Waals surface area contributed by atoms with Crippen molar-refractivity contribution >= 4 is 0 Å². The lowest BCUT2D eigenvalue weighted by atomic mass is 9.93. The standard InChI is InChI=1S/C18H17F3N2O/c19-18(20,21)12-5-6-16-15(11-12)13-3-1-2-4-14(13)17(24-16)23-9-7-22-8-10-23/h1-6,11,17,22H,7-10H2. The van der Waals surface area contributed by atoms with Gasteiger partial charge in [0.1, 0.15) is 5.75 Å². The maximum atomic E-state index is 13.0. The van der Waals surface area contributed by atoms with E-state index >= 15 is 0 Å². The smallest absolute Gasteiger partial charge is 0.416 e. The van der Waals surface area contributed by atoms with Gasteiger partial charge in [-0.05, 0) is 23.8 Å². The number of hydrogen-bond acceptors (Lipinski definition) is 3. The number of nitrogens with zero attached hydrogens (tertiary/aromatic N) is 1. The minimum Gasteiger partial charge on any atom is -0.470 e. The molecule has 2 aliphatic heterocycles. The van der Waals surface area contributed by atoms with Crippen LogP contribution in [0.4, 0.5) is 13.2 Å². The highest BCUT2D eigenvalue weighted by atomic mass is 19.4. The lowest BCUT2D eigenvalue weighted by molar-refractivity contribution is -0.137. The molecule has 1 saturated heterocycles. The molecule has 1 unspecified atom stereocenters. The van der Waals surface area contributed by atoms with Gasteiger partial charge in [-0.3, -0.25) is 4.90 Å². The van der Waals surface area contributed by atoms with E-state index in [2.05, 4.69) is 10.2 Å². The third-order valence-electron chi connectivity index (χ3n) is 4.55. The molecule has 0 bridgehead atoms. The summed E-state index contributed by atoms with van der Waals surface area (Å²) >= 11 is 0. The molecule has 2 aromatic carbocycles. The quantitative estimate of drug-likeness (QED) is 0.861. The van der Waals surface area contributed by atoms with Gasteiger partial charge < -0.3 is 10.1 Å². The van der Waals surface area contributed by atoms with Crippen LogP contribution in [0.2, 0.25) is 0 Å². The van der Waals surface area contributed by atoms with Gasteiger partial charge in [0.15, 0.2) is 6.23 Å². The molecule has 1 fully saturated rings. The van der Waals surface area contributed by atoms with E-state index in [1.54, 1.807) is 0 Å². The number of fused-ring (bicyclic) bond motifs is 3. The fourth-order valence-corrected chi connectivity index (χ4v) is 3.35. The summed E-state index contributed by atoms with van der Waals surface area (Å²) in [6.07, 6.45) is -4.62. The molecule has 3 nitrogen and oxygen atoms in total. The van der Waals surface area contributed by atoms with Crippen molar-refractivity contribution in [3.63, 3.8) is 0 Å². The molecule has 0 aliphatic carbocycles. The maximum absolute atomic E-state index is 13.0. The van der Waals surface area contributed by atoms with Crippen LogP contribution in [0.1, 0.15) is 17.4 Å². The normalized spacial score (nSPS) is 20.9. The van der Waals surface area contributed by atoms with Gasteiger partial charge >= 0.3 is 6.18 Å². The van der Waals surface area contributed by atoms with Crippen molar-refractivity contribution in [3.05, 3.63) is 53.6 Å². The molecule has 0 amide bonds. The Morgan fingerprint density at radius 1 is 1.00 bits per heavy atom.